The molecule has 0 saturated carbocycles. The highest BCUT2D eigenvalue weighted by atomic mass is 19.1. The number of hydrogen-bond donors (Lipinski definition) is 2. The Bertz CT molecular complexity index is 227. The molecule has 0 bridgehead atoms. The first kappa shape index (κ1) is 11.0. The average Bonchev–Trinajstić information content (AvgIpc) is 2.26. The first-order valence-corrected chi connectivity index (χ1v) is 4.20. The number of halogens is 2. The van der Waals surface area contributed by atoms with Gasteiger partial charge >= 0.3 is 0 Å². The number of ether oxygens (including phenoxy) is 1. The molecule has 5 heteroatoms. The van der Waals surface area contributed by atoms with Gasteiger partial charge in [-0.3, -0.25) is 0 Å². The Morgan fingerprint density at radius 3 is 2.71 bits per heavy atom. The molecule has 0 aromatic heterocycles. The minimum atomic E-state index is -1.10. The van der Waals surface area contributed by atoms with Crippen molar-refractivity contribution in [3.63, 3.8) is 0 Å². The van der Waals surface area contributed by atoms with Crippen LogP contribution in [-0.2, 0) is 4.74 Å². The number of alkyl halides is 2. The fourth-order valence-corrected chi connectivity index (χ4v) is 0.974. The zero-order valence-corrected chi connectivity index (χ0v) is 7.54. The summed E-state index contributed by atoms with van der Waals surface area (Å²) >= 11 is 0. The molecule has 0 unspecified atom stereocenters. The SMILES string of the molecule is OC[C]1NC=CC=C1OC(CF)CF. The normalized spacial score (nSPS) is 16.7. The quantitative estimate of drug-likeness (QED) is 0.697. The zero-order valence-electron chi connectivity index (χ0n) is 7.54. The molecule has 0 saturated heterocycles. The number of allylic oxidation sites excluding steroid dienone is 2. The topological polar surface area (TPSA) is 41.5 Å². The van der Waals surface area contributed by atoms with Crippen LogP contribution < -0.4 is 5.32 Å². The van der Waals surface area contributed by atoms with Gasteiger partial charge in [0.1, 0.15) is 19.1 Å². The Labute approximate surface area is 81.1 Å². The van der Waals surface area contributed by atoms with E-state index in [1.165, 1.54) is 0 Å². The van der Waals surface area contributed by atoms with Gasteiger partial charge in [-0.25, -0.2) is 8.78 Å². The van der Waals surface area contributed by atoms with Crippen LogP contribution in [0.1, 0.15) is 0 Å². The summed E-state index contributed by atoms with van der Waals surface area (Å²) in [4.78, 5) is 0. The summed E-state index contributed by atoms with van der Waals surface area (Å²) in [5.41, 5.74) is 0. The molecule has 3 nitrogen and oxygen atoms in total. The summed E-state index contributed by atoms with van der Waals surface area (Å²) in [5.74, 6) is 0.273. The molecule has 0 aromatic rings. The third kappa shape index (κ3) is 2.70. The van der Waals surface area contributed by atoms with Crippen molar-refractivity contribution in [2.45, 2.75) is 6.10 Å². The van der Waals surface area contributed by atoms with Crippen LogP contribution in [-0.4, -0.2) is 31.2 Å². The molecular weight excluding hydrogens is 192 g/mol. The Morgan fingerprint density at radius 1 is 1.43 bits per heavy atom. The van der Waals surface area contributed by atoms with Crippen molar-refractivity contribution in [1.82, 2.24) is 5.32 Å². The summed E-state index contributed by atoms with van der Waals surface area (Å²) in [6, 6.07) is 0.402. The molecule has 1 aliphatic heterocycles. The smallest absolute Gasteiger partial charge is 0.155 e. The van der Waals surface area contributed by atoms with Gasteiger partial charge in [-0.05, 0) is 18.4 Å². The maximum Gasteiger partial charge on any atom is 0.155 e. The van der Waals surface area contributed by atoms with Crippen molar-refractivity contribution in [1.29, 1.82) is 0 Å². The molecule has 1 aliphatic rings. The minimum absolute atomic E-state index is 0.262. The minimum Gasteiger partial charge on any atom is -0.487 e. The molecule has 79 valence electrons. The van der Waals surface area contributed by atoms with Gasteiger partial charge in [-0.1, -0.05) is 0 Å². The number of nitrogens with one attached hydrogen (secondary N) is 1. The highest BCUT2D eigenvalue weighted by Gasteiger charge is 2.20. The van der Waals surface area contributed by atoms with Crippen LogP contribution in [0.25, 0.3) is 0 Å². The highest BCUT2D eigenvalue weighted by molar-refractivity contribution is 5.27. The second kappa shape index (κ2) is 5.59. The van der Waals surface area contributed by atoms with E-state index in [-0.39, 0.29) is 12.4 Å². The number of dihydropyridines is 1. The van der Waals surface area contributed by atoms with Crippen LogP contribution in [0.3, 0.4) is 0 Å². The van der Waals surface area contributed by atoms with Crippen molar-refractivity contribution >= 4 is 0 Å². The molecule has 0 aromatic carbocycles. The van der Waals surface area contributed by atoms with Crippen molar-refractivity contribution in [3.05, 3.63) is 30.2 Å². The van der Waals surface area contributed by atoms with Crippen molar-refractivity contribution in [2.24, 2.45) is 0 Å². The molecule has 0 amide bonds. The van der Waals surface area contributed by atoms with Crippen LogP contribution in [0, 0.1) is 6.04 Å². The predicted molar refractivity (Wildman–Crippen MR) is 47.5 cm³/mol. The number of hydrogen-bond acceptors (Lipinski definition) is 3. The summed E-state index contributed by atoms with van der Waals surface area (Å²) in [6.45, 7) is -2.05. The van der Waals surface area contributed by atoms with Crippen LogP contribution in [0.4, 0.5) is 8.78 Å². The molecule has 0 fully saturated rings. The second-order valence-corrected chi connectivity index (χ2v) is 2.72. The third-order valence-electron chi connectivity index (χ3n) is 1.69. The lowest BCUT2D eigenvalue weighted by Crippen LogP contribution is -2.28. The van der Waals surface area contributed by atoms with Gasteiger partial charge in [-0.15, -0.1) is 0 Å². The van der Waals surface area contributed by atoms with E-state index in [0.29, 0.717) is 6.04 Å². The van der Waals surface area contributed by atoms with Gasteiger partial charge in [0.2, 0.25) is 0 Å². The highest BCUT2D eigenvalue weighted by Crippen LogP contribution is 2.17. The van der Waals surface area contributed by atoms with E-state index in [2.05, 4.69) is 5.32 Å². The number of rotatable bonds is 5. The van der Waals surface area contributed by atoms with Gasteiger partial charge in [0, 0.05) is 0 Å². The molecule has 0 aliphatic carbocycles. The molecule has 1 radical (unpaired) electrons. The fraction of sp³-hybridized carbons (Fsp3) is 0.444. The summed E-state index contributed by atoms with van der Waals surface area (Å²) < 4.78 is 29.3. The van der Waals surface area contributed by atoms with Gasteiger partial charge in [-0.2, -0.15) is 0 Å². The summed E-state index contributed by atoms with van der Waals surface area (Å²) in [5, 5.41) is 11.6. The number of aliphatic hydroxyl groups excluding tert-OH is 1. The molecule has 1 rings (SSSR count). The van der Waals surface area contributed by atoms with Gasteiger partial charge < -0.3 is 15.2 Å². The Morgan fingerprint density at radius 2 is 2.14 bits per heavy atom. The van der Waals surface area contributed by atoms with Gasteiger partial charge in [0.15, 0.2) is 12.1 Å². The van der Waals surface area contributed by atoms with Crippen LogP contribution >= 0.6 is 0 Å². The van der Waals surface area contributed by atoms with Crippen LogP contribution in [0.5, 0.6) is 0 Å². The van der Waals surface area contributed by atoms with E-state index < -0.39 is 19.5 Å². The van der Waals surface area contributed by atoms with Crippen molar-refractivity contribution in [3.8, 4) is 0 Å². The van der Waals surface area contributed by atoms with E-state index in [1.807, 2.05) is 0 Å². The fourth-order valence-electron chi connectivity index (χ4n) is 0.974. The second-order valence-electron chi connectivity index (χ2n) is 2.72. The lowest BCUT2D eigenvalue weighted by Gasteiger charge is -2.23. The maximum atomic E-state index is 12.1. The van der Waals surface area contributed by atoms with Gasteiger partial charge in [0.05, 0.1) is 6.61 Å². The largest absolute Gasteiger partial charge is 0.487 e. The van der Waals surface area contributed by atoms with Gasteiger partial charge in [0.25, 0.3) is 0 Å². The van der Waals surface area contributed by atoms with Crippen LogP contribution in [0.15, 0.2) is 24.1 Å². The Balaban J connectivity index is 2.55. The molecule has 0 atom stereocenters. The predicted octanol–water partition coefficient (Wildman–Crippen LogP) is 0.836. The lowest BCUT2D eigenvalue weighted by molar-refractivity contribution is 0.0632. The van der Waals surface area contributed by atoms with E-state index in [0.717, 1.165) is 0 Å². The van der Waals surface area contributed by atoms with Crippen molar-refractivity contribution in [2.75, 3.05) is 20.0 Å². The molecule has 2 N–H and O–H groups in total. The van der Waals surface area contributed by atoms with E-state index in [9.17, 15) is 8.78 Å². The lowest BCUT2D eigenvalue weighted by atomic mass is 10.2. The summed E-state index contributed by atoms with van der Waals surface area (Å²) in [6.07, 6.45) is 3.66. The first-order valence-electron chi connectivity index (χ1n) is 4.20. The molecule has 14 heavy (non-hydrogen) atoms. The third-order valence-corrected chi connectivity index (χ3v) is 1.69. The number of aliphatic hydroxyl groups is 1. The average molecular weight is 204 g/mol. The van der Waals surface area contributed by atoms with Crippen LogP contribution in [0.2, 0.25) is 0 Å². The van der Waals surface area contributed by atoms with E-state index >= 15 is 0 Å². The maximum absolute atomic E-state index is 12.1. The van der Waals surface area contributed by atoms with E-state index in [4.69, 9.17) is 9.84 Å². The standard InChI is InChI=1S/C9H12F2NO2/c10-4-7(5-11)14-9-2-1-3-12-8(9)6-13/h1-3,7,12-13H,4-6H2. The Kier molecular flexibility index (Phi) is 4.39. The monoisotopic (exact) mass is 204 g/mol. The molecule has 1 heterocycles. The first-order chi connectivity index (χ1) is 6.81. The summed E-state index contributed by atoms with van der Waals surface area (Å²) in [7, 11) is 0. The zero-order chi connectivity index (χ0) is 10.4. The van der Waals surface area contributed by atoms with E-state index in [1.54, 1.807) is 18.4 Å². The van der Waals surface area contributed by atoms with Crippen molar-refractivity contribution < 1.29 is 18.6 Å². The molecular formula is C9H12F2NO2. The molecule has 0 spiro atoms. The Hall–Kier alpha value is -1.10.